The van der Waals surface area contributed by atoms with E-state index in [1.165, 1.54) is 11.6 Å². The third-order valence-electron chi connectivity index (χ3n) is 3.44. The molecule has 1 aromatic heterocycles. The molecule has 0 aliphatic rings. The van der Waals surface area contributed by atoms with E-state index in [-0.39, 0.29) is 5.78 Å². The molecule has 0 fully saturated rings. The number of nitrogens with zero attached hydrogens (tertiary/aromatic N) is 1. The number of aromatic nitrogens is 1. The highest BCUT2D eigenvalue weighted by atomic mass is 16.1. The van der Waals surface area contributed by atoms with Gasteiger partial charge >= 0.3 is 0 Å². The van der Waals surface area contributed by atoms with E-state index in [9.17, 15) is 4.79 Å². The molecule has 2 heteroatoms. The van der Waals surface area contributed by atoms with Crippen molar-refractivity contribution in [2.75, 3.05) is 0 Å². The molecular weight excluding hydrogens is 246 g/mol. The number of carbonyl (C=O) groups is 1. The Labute approximate surface area is 118 Å². The van der Waals surface area contributed by atoms with E-state index in [1.54, 1.807) is 0 Å². The van der Waals surface area contributed by atoms with Gasteiger partial charge in [-0.2, -0.15) is 0 Å². The van der Waals surface area contributed by atoms with Crippen LogP contribution in [0.3, 0.4) is 0 Å². The van der Waals surface area contributed by atoms with Crippen molar-refractivity contribution in [3.63, 3.8) is 0 Å². The number of fused-ring (bicyclic) bond motifs is 1. The van der Waals surface area contributed by atoms with Crippen molar-refractivity contribution in [1.82, 2.24) is 4.57 Å². The van der Waals surface area contributed by atoms with Crippen LogP contribution in [0.5, 0.6) is 0 Å². The number of hydrogen-bond acceptors (Lipinski definition) is 1. The number of benzene rings is 2. The molecule has 2 aromatic carbocycles. The lowest BCUT2D eigenvalue weighted by Crippen LogP contribution is -1.98. The fraction of sp³-hybridized carbons (Fsp3) is 0.0556. The Morgan fingerprint density at radius 1 is 1.05 bits per heavy atom. The minimum Gasteiger partial charge on any atom is -0.342 e. The highest BCUT2D eigenvalue weighted by molar-refractivity contribution is 6.13. The van der Waals surface area contributed by atoms with Crippen LogP contribution in [0.1, 0.15) is 15.9 Å². The molecule has 1 heterocycles. The van der Waals surface area contributed by atoms with Gasteiger partial charge < -0.3 is 4.57 Å². The molecule has 0 saturated carbocycles. The van der Waals surface area contributed by atoms with Crippen molar-refractivity contribution in [3.8, 4) is 0 Å². The topological polar surface area (TPSA) is 22.0 Å². The summed E-state index contributed by atoms with van der Waals surface area (Å²) in [6.07, 6.45) is 3.29. The highest BCUT2D eigenvalue weighted by Gasteiger charge is 2.12. The quantitative estimate of drug-likeness (QED) is 0.513. The first kappa shape index (κ1) is 12.4. The zero-order chi connectivity index (χ0) is 13.9. The lowest BCUT2D eigenvalue weighted by molar-refractivity contribution is 0.104. The maximum absolute atomic E-state index is 12.0. The summed E-state index contributed by atoms with van der Waals surface area (Å²) in [6, 6.07) is 18.2. The summed E-state index contributed by atoms with van der Waals surface area (Å²) < 4.78 is 2.11. The summed E-state index contributed by atoms with van der Waals surface area (Å²) in [6.45, 7) is 4.33. The maximum atomic E-state index is 12.0. The molecule has 0 unspecified atom stereocenters. The Morgan fingerprint density at radius 2 is 1.75 bits per heavy atom. The Balaban J connectivity index is 2.12. The molecule has 0 amide bonds. The van der Waals surface area contributed by atoms with Gasteiger partial charge in [0.15, 0.2) is 5.78 Å². The third-order valence-corrected chi connectivity index (χ3v) is 3.44. The number of para-hydroxylation sites is 1. The summed E-state index contributed by atoms with van der Waals surface area (Å²) in [7, 11) is 0. The fourth-order valence-corrected chi connectivity index (χ4v) is 2.46. The summed E-state index contributed by atoms with van der Waals surface area (Å²) in [5.41, 5.74) is 3.00. The summed E-state index contributed by atoms with van der Waals surface area (Å²) in [5, 5.41) is 0.980. The largest absolute Gasteiger partial charge is 0.342 e. The first-order valence-electron chi connectivity index (χ1n) is 6.58. The smallest absolute Gasteiger partial charge is 0.187 e. The van der Waals surface area contributed by atoms with Crippen molar-refractivity contribution in [2.24, 2.45) is 0 Å². The average molecular weight is 261 g/mol. The van der Waals surface area contributed by atoms with Gasteiger partial charge in [0.2, 0.25) is 0 Å². The minimum absolute atomic E-state index is 0.0342. The number of allylic oxidation sites excluding steroid dienone is 1. The minimum atomic E-state index is -0.0342. The maximum Gasteiger partial charge on any atom is 0.187 e. The Bertz CT molecular complexity index is 768. The molecule has 0 atom stereocenters. The Morgan fingerprint density at radius 3 is 2.50 bits per heavy atom. The summed E-state index contributed by atoms with van der Waals surface area (Å²) in [4.78, 5) is 12.0. The van der Waals surface area contributed by atoms with Crippen LogP contribution in [0, 0.1) is 0 Å². The number of hydrogen-bond donors (Lipinski definition) is 0. The van der Waals surface area contributed by atoms with Crippen molar-refractivity contribution in [2.45, 2.75) is 6.54 Å². The van der Waals surface area contributed by atoms with Crippen LogP contribution in [0.2, 0.25) is 0 Å². The predicted octanol–water partition coefficient (Wildman–Crippen LogP) is 4.06. The normalized spacial score (nSPS) is 10.6. The highest BCUT2D eigenvalue weighted by Crippen LogP contribution is 2.23. The van der Waals surface area contributed by atoms with Crippen molar-refractivity contribution in [1.29, 1.82) is 0 Å². The average Bonchev–Trinajstić information content (AvgIpc) is 2.87. The second kappa shape index (κ2) is 5.17. The molecular formula is C18H15NO. The molecule has 3 aromatic rings. The van der Waals surface area contributed by atoms with Crippen LogP contribution in [0.15, 0.2) is 73.4 Å². The van der Waals surface area contributed by atoms with E-state index in [4.69, 9.17) is 0 Å². The van der Waals surface area contributed by atoms with Crippen LogP contribution < -0.4 is 0 Å². The molecule has 20 heavy (non-hydrogen) atoms. The van der Waals surface area contributed by atoms with E-state index >= 15 is 0 Å². The SMILES string of the molecule is C=CC(=O)c1cn(Cc2ccccc2)c2ccccc12. The fourth-order valence-electron chi connectivity index (χ4n) is 2.46. The lowest BCUT2D eigenvalue weighted by Gasteiger charge is -2.05. The predicted molar refractivity (Wildman–Crippen MR) is 82.0 cm³/mol. The van der Waals surface area contributed by atoms with Crippen molar-refractivity contribution in [3.05, 3.63) is 84.6 Å². The second-order valence-corrected chi connectivity index (χ2v) is 4.74. The second-order valence-electron chi connectivity index (χ2n) is 4.74. The van der Waals surface area contributed by atoms with Gasteiger partial charge in [0, 0.05) is 29.2 Å². The number of rotatable bonds is 4. The molecule has 0 N–H and O–H groups in total. The molecule has 98 valence electrons. The molecule has 0 radical (unpaired) electrons. The third kappa shape index (κ3) is 2.16. The lowest BCUT2D eigenvalue weighted by atomic mass is 10.1. The van der Waals surface area contributed by atoms with Gasteiger partial charge in [-0.1, -0.05) is 55.1 Å². The monoisotopic (exact) mass is 261 g/mol. The standard InChI is InChI=1S/C18H15NO/c1-2-18(20)16-13-19(12-14-8-4-3-5-9-14)17-11-7-6-10-15(16)17/h2-11,13H,1,12H2. The van der Waals surface area contributed by atoms with Gasteiger partial charge in [-0.25, -0.2) is 0 Å². The molecule has 0 spiro atoms. The molecule has 0 aliphatic carbocycles. The van der Waals surface area contributed by atoms with Gasteiger partial charge in [0.1, 0.15) is 0 Å². The molecule has 2 nitrogen and oxygen atoms in total. The van der Waals surface area contributed by atoms with Crippen molar-refractivity contribution < 1.29 is 4.79 Å². The number of ketones is 1. The Hall–Kier alpha value is -2.61. The van der Waals surface area contributed by atoms with E-state index < -0.39 is 0 Å². The summed E-state index contributed by atoms with van der Waals surface area (Å²) >= 11 is 0. The van der Waals surface area contributed by atoms with E-state index in [2.05, 4.69) is 23.3 Å². The first-order chi connectivity index (χ1) is 9.79. The van der Waals surface area contributed by atoms with Crippen LogP contribution >= 0.6 is 0 Å². The first-order valence-corrected chi connectivity index (χ1v) is 6.58. The molecule has 3 rings (SSSR count). The van der Waals surface area contributed by atoms with Crippen LogP contribution in [0.4, 0.5) is 0 Å². The van der Waals surface area contributed by atoms with Crippen molar-refractivity contribution >= 4 is 16.7 Å². The van der Waals surface area contributed by atoms with Crippen LogP contribution in [0.25, 0.3) is 10.9 Å². The van der Waals surface area contributed by atoms with Gasteiger partial charge in [0.05, 0.1) is 0 Å². The molecule has 0 bridgehead atoms. The van der Waals surface area contributed by atoms with Gasteiger partial charge in [-0.15, -0.1) is 0 Å². The van der Waals surface area contributed by atoms with E-state index in [0.29, 0.717) is 5.56 Å². The summed E-state index contributed by atoms with van der Waals surface area (Å²) in [5.74, 6) is -0.0342. The van der Waals surface area contributed by atoms with E-state index in [0.717, 1.165) is 17.4 Å². The van der Waals surface area contributed by atoms with Gasteiger partial charge in [-0.3, -0.25) is 4.79 Å². The van der Waals surface area contributed by atoms with Crippen LogP contribution in [-0.2, 0) is 6.54 Å². The molecule has 0 saturated heterocycles. The number of carbonyl (C=O) groups excluding carboxylic acids is 1. The zero-order valence-electron chi connectivity index (χ0n) is 11.1. The van der Waals surface area contributed by atoms with E-state index in [1.807, 2.05) is 48.7 Å². The Kier molecular flexibility index (Phi) is 3.21. The zero-order valence-corrected chi connectivity index (χ0v) is 11.1. The van der Waals surface area contributed by atoms with Gasteiger partial charge in [-0.05, 0) is 17.7 Å². The van der Waals surface area contributed by atoms with Gasteiger partial charge in [0.25, 0.3) is 0 Å². The molecule has 0 aliphatic heterocycles. The van der Waals surface area contributed by atoms with Crippen LogP contribution in [-0.4, -0.2) is 10.4 Å².